The minimum Gasteiger partial charge on any atom is -0.371 e. The van der Waals surface area contributed by atoms with Crippen LogP contribution < -0.4 is 4.90 Å². The van der Waals surface area contributed by atoms with Gasteiger partial charge in [0, 0.05) is 24.3 Å². The molecule has 0 saturated carbocycles. The molecule has 1 heterocycles. The fourth-order valence-electron chi connectivity index (χ4n) is 1.79. The monoisotopic (exact) mass is 174 g/mol. The Bertz CT molecular complexity index is 303. The van der Waals surface area contributed by atoms with Crippen molar-refractivity contribution < 1.29 is 4.79 Å². The van der Waals surface area contributed by atoms with Crippen molar-refractivity contribution >= 4 is 12.0 Å². The van der Waals surface area contributed by atoms with E-state index in [1.165, 1.54) is 12.8 Å². The van der Waals surface area contributed by atoms with Gasteiger partial charge >= 0.3 is 0 Å². The molecule has 2 rings (SSSR count). The first-order chi connectivity index (χ1) is 6.42. The smallest absolute Gasteiger partial charge is 0.235 e. The van der Waals surface area contributed by atoms with E-state index in [0.717, 1.165) is 18.8 Å². The van der Waals surface area contributed by atoms with Crippen LogP contribution >= 0.6 is 0 Å². The lowest BCUT2D eigenvalue weighted by Crippen LogP contribution is -2.18. The Morgan fingerprint density at radius 2 is 1.85 bits per heavy atom. The Kier molecular flexibility index (Phi) is 2.30. The number of benzene rings is 1. The maximum atomic E-state index is 10.6. The molecule has 1 aromatic carbocycles. The summed E-state index contributed by atoms with van der Waals surface area (Å²) in [5.41, 5.74) is 1.72. The first-order valence-corrected chi connectivity index (χ1v) is 4.64. The minimum absolute atomic E-state index is 0.685. The molecule has 67 valence electrons. The Labute approximate surface area is 78.2 Å². The van der Waals surface area contributed by atoms with Crippen LogP contribution in [0.2, 0.25) is 0 Å². The summed E-state index contributed by atoms with van der Waals surface area (Å²) >= 11 is 0. The second kappa shape index (κ2) is 3.60. The van der Waals surface area contributed by atoms with Crippen molar-refractivity contribution in [2.75, 3.05) is 18.0 Å². The van der Waals surface area contributed by atoms with Crippen molar-refractivity contribution in [3.05, 3.63) is 29.8 Å². The highest BCUT2D eigenvalue weighted by Gasteiger charge is 2.14. The first-order valence-electron chi connectivity index (χ1n) is 4.64. The second-order valence-electron chi connectivity index (χ2n) is 3.31. The Balaban J connectivity index is 2.31. The van der Waals surface area contributed by atoms with Gasteiger partial charge in [0.2, 0.25) is 6.29 Å². The highest BCUT2D eigenvalue weighted by molar-refractivity contribution is 5.84. The van der Waals surface area contributed by atoms with Gasteiger partial charge in [-0.1, -0.05) is 12.1 Å². The van der Waals surface area contributed by atoms with Crippen LogP contribution in [-0.2, 0) is 4.79 Å². The highest BCUT2D eigenvalue weighted by atomic mass is 16.1. The Morgan fingerprint density at radius 3 is 2.54 bits per heavy atom. The molecule has 2 nitrogen and oxygen atoms in total. The number of hydrogen-bond donors (Lipinski definition) is 0. The SMILES string of the molecule is O=[C]c1ccccc1N1CCCC1. The Morgan fingerprint density at radius 1 is 1.15 bits per heavy atom. The van der Waals surface area contributed by atoms with Gasteiger partial charge in [0.05, 0.1) is 0 Å². The number of carbonyl (C=O) groups excluding carboxylic acids is 1. The van der Waals surface area contributed by atoms with E-state index >= 15 is 0 Å². The van der Waals surface area contributed by atoms with E-state index in [-0.39, 0.29) is 0 Å². The van der Waals surface area contributed by atoms with E-state index in [0.29, 0.717) is 5.56 Å². The summed E-state index contributed by atoms with van der Waals surface area (Å²) in [5.74, 6) is 0. The molecule has 1 saturated heterocycles. The number of anilines is 1. The molecule has 0 N–H and O–H groups in total. The molecule has 0 atom stereocenters. The van der Waals surface area contributed by atoms with Gasteiger partial charge < -0.3 is 4.90 Å². The van der Waals surface area contributed by atoms with Gasteiger partial charge in [-0.15, -0.1) is 0 Å². The molecule has 13 heavy (non-hydrogen) atoms. The zero-order valence-corrected chi connectivity index (χ0v) is 7.49. The number of nitrogens with zero attached hydrogens (tertiary/aromatic N) is 1. The van der Waals surface area contributed by atoms with E-state index < -0.39 is 0 Å². The lowest BCUT2D eigenvalue weighted by molar-refractivity contribution is 0.562. The van der Waals surface area contributed by atoms with Crippen LogP contribution in [0.1, 0.15) is 18.4 Å². The van der Waals surface area contributed by atoms with Crippen molar-refractivity contribution in [1.29, 1.82) is 0 Å². The van der Waals surface area contributed by atoms with Crippen LogP contribution in [-0.4, -0.2) is 19.4 Å². The third-order valence-corrected chi connectivity index (χ3v) is 2.46. The zero-order chi connectivity index (χ0) is 9.10. The maximum Gasteiger partial charge on any atom is 0.235 e. The standard InChI is InChI=1S/C11H12NO/c13-9-10-5-1-2-6-11(10)12-7-3-4-8-12/h1-2,5-6H,3-4,7-8H2. The molecule has 0 aliphatic carbocycles. The fourth-order valence-corrected chi connectivity index (χ4v) is 1.79. The summed E-state index contributed by atoms with van der Waals surface area (Å²) in [7, 11) is 0. The number of rotatable bonds is 2. The van der Waals surface area contributed by atoms with Crippen molar-refractivity contribution in [3.63, 3.8) is 0 Å². The molecular weight excluding hydrogens is 162 g/mol. The van der Waals surface area contributed by atoms with Gasteiger partial charge in [-0.25, -0.2) is 0 Å². The zero-order valence-electron chi connectivity index (χ0n) is 7.49. The molecule has 0 aromatic heterocycles. The third-order valence-electron chi connectivity index (χ3n) is 2.46. The van der Waals surface area contributed by atoms with Gasteiger partial charge in [-0.3, -0.25) is 4.79 Å². The normalized spacial score (nSPS) is 16.2. The molecule has 1 aliphatic rings. The average Bonchev–Trinajstić information content (AvgIpc) is 2.70. The summed E-state index contributed by atoms with van der Waals surface area (Å²) in [6, 6.07) is 7.65. The lowest BCUT2D eigenvalue weighted by Gasteiger charge is -2.18. The summed E-state index contributed by atoms with van der Waals surface area (Å²) in [5, 5.41) is 0. The van der Waals surface area contributed by atoms with Crippen LogP contribution in [0.15, 0.2) is 24.3 Å². The van der Waals surface area contributed by atoms with Gasteiger partial charge in [0.1, 0.15) is 0 Å². The molecule has 1 radical (unpaired) electrons. The van der Waals surface area contributed by atoms with Gasteiger partial charge in [0.15, 0.2) is 0 Å². The van der Waals surface area contributed by atoms with Crippen molar-refractivity contribution in [3.8, 4) is 0 Å². The van der Waals surface area contributed by atoms with E-state index in [2.05, 4.69) is 4.90 Å². The molecular formula is C11H12NO. The highest BCUT2D eigenvalue weighted by Crippen LogP contribution is 2.22. The van der Waals surface area contributed by atoms with Crippen LogP contribution in [0.25, 0.3) is 0 Å². The second-order valence-corrected chi connectivity index (χ2v) is 3.31. The molecule has 0 unspecified atom stereocenters. The lowest BCUT2D eigenvalue weighted by atomic mass is 10.2. The van der Waals surface area contributed by atoms with Gasteiger partial charge in [0.25, 0.3) is 0 Å². The third kappa shape index (κ3) is 1.57. The molecule has 0 bridgehead atoms. The first kappa shape index (κ1) is 8.30. The van der Waals surface area contributed by atoms with Crippen LogP contribution in [0.5, 0.6) is 0 Å². The van der Waals surface area contributed by atoms with Crippen molar-refractivity contribution in [2.45, 2.75) is 12.8 Å². The van der Waals surface area contributed by atoms with Gasteiger partial charge in [-0.05, 0) is 25.0 Å². The van der Waals surface area contributed by atoms with Crippen LogP contribution in [0.3, 0.4) is 0 Å². The number of hydrogen-bond acceptors (Lipinski definition) is 2. The molecule has 0 spiro atoms. The fraction of sp³-hybridized carbons (Fsp3) is 0.364. The molecule has 1 fully saturated rings. The topological polar surface area (TPSA) is 20.3 Å². The van der Waals surface area contributed by atoms with Crippen LogP contribution in [0, 0.1) is 0 Å². The average molecular weight is 174 g/mol. The van der Waals surface area contributed by atoms with E-state index in [1.807, 2.05) is 30.6 Å². The summed E-state index contributed by atoms with van der Waals surface area (Å²) in [4.78, 5) is 12.9. The van der Waals surface area contributed by atoms with E-state index in [4.69, 9.17) is 0 Å². The van der Waals surface area contributed by atoms with Crippen molar-refractivity contribution in [2.24, 2.45) is 0 Å². The van der Waals surface area contributed by atoms with E-state index in [9.17, 15) is 4.79 Å². The maximum absolute atomic E-state index is 10.6. The van der Waals surface area contributed by atoms with E-state index in [1.54, 1.807) is 0 Å². The largest absolute Gasteiger partial charge is 0.371 e. The quantitative estimate of drug-likeness (QED) is 0.680. The van der Waals surface area contributed by atoms with Crippen LogP contribution in [0.4, 0.5) is 5.69 Å². The molecule has 0 amide bonds. The van der Waals surface area contributed by atoms with Crippen molar-refractivity contribution in [1.82, 2.24) is 0 Å². The molecule has 1 aromatic rings. The Hall–Kier alpha value is -1.31. The molecule has 2 heteroatoms. The minimum atomic E-state index is 0.685. The summed E-state index contributed by atoms with van der Waals surface area (Å²) in [6.45, 7) is 2.14. The van der Waals surface area contributed by atoms with Gasteiger partial charge in [-0.2, -0.15) is 0 Å². The summed E-state index contributed by atoms with van der Waals surface area (Å²) < 4.78 is 0. The predicted molar refractivity (Wildman–Crippen MR) is 52.7 cm³/mol. The molecule has 1 aliphatic heterocycles. The number of para-hydroxylation sites is 1. The summed E-state index contributed by atoms with van der Waals surface area (Å²) in [6.07, 6.45) is 4.44. The predicted octanol–water partition coefficient (Wildman–Crippen LogP) is 1.74.